The van der Waals surface area contributed by atoms with Gasteiger partial charge in [0.1, 0.15) is 0 Å². The van der Waals surface area contributed by atoms with E-state index in [1.54, 1.807) is 13.0 Å². The van der Waals surface area contributed by atoms with Crippen LogP contribution in [0.25, 0.3) is 0 Å². The molecular formula is C12H14N2O4S. The van der Waals surface area contributed by atoms with E-state index >= 15 is 0 Å². The van der Waals surface area contributed by atoms with Gasteiger partial charge in [0.2, 0.25) is 0 Å². The second-order valence-corrected chi connectivity index (χ2v) is 5.95. The van der Waals surface area contributed by atoms with E-state index in [1.807, 2.05) is 0 Å². The molecule has 2 heterocycles. The lowest BCUT2D eigenvalue weighted by molar-refractivity contribution is -0.147. The van der Waals surface area contributed by atoms with Gasteiger partial charge < -0.3 is 15.7 Å². The van der Waals surface area contributed by atoms with Crippen molar-refractivity contribution >= 4 is 29.1 Å². The first-order valence-electron chi connectivity index (χ1n) is 5.76. The number of amides is 2. The standard InChI is InChI=1S/C12H14N2O4S/c1-12(11(17)18)4-5-14(6-12)10(16)8-3-2-7(19-8)9(13)15/h2-3H,4-6H2,1H3,(H2,13,15)(H,17,18). The topological polar surface area (TPSA) is 101 Å². The van der Waals surface area contributed by atoms with E-state index in [9.17, 15) is 14.4 Å². The summed E-state index contributed by atoms with van der Waals surface area (Å²) in [7, 11) is 0. The molecule has 1 fully saturated rings. The zero-order chi connectivity index (χ0) is 14.2. The summed E-state index contributed by atoms with van der Waals surface area (Å²) in [5, 5.41) is 9.12. The van der Waals surface area contributed by atoms with E-state index in [0.717, 1.165) is 11.3 Å². The van der Waals surface area contributed by atoms with E-state index in [0.29, 0.717) is 22.7 Å². The average molecular weight is 282 g/mol. The first kappa shape index (κ1) is 13.5. The lowest BCUT2D eigenvalue weighted by atomic mass is 9.90. The molecule has 0 aromatic carbocycles. The van der Waals surface area contributed by atoms with Crippen molar-refractivity contribution in [3.05, 3.63) is 21.9 Å². The lowest BCUT2D eigenvalue weighted by Crippen LogP contribution is -2.34. The third kappa shape index (κ3) is 2.46. The summed E-state index contributed by atoms with van der Waals surface area (Å²) in [5.74, 6) is -1.71. The Morgan fingerprint density at radius 3 is 2.47 bits per heavy atom. The molecule has 1 aliphatic rings. The number of carboxylic acids is 1. The number of likely N-dealkylation sites (tertiary alicyclic amines) is 1. The monoisotopic (exact) mass is 282 g/mol. The molecule has 1 unspecified atom stereocenters. The van der Waals surface area contributed by atoms with Crippen LogP contribution in [0.4, 0.5) is 0 Å². The SMILES string of the molecule is CC1(C(=O)O)CCN(C(=O)c2ccc(C(N)=O)s2)C1. The van der Waals surface area contributed by atoms with Gasteiger partial charge in [0.25, 0.3) is 11.8 Å². The van der Waals surface area contributed by atoms with Gasteiger partial charge in [-0.15, -0.1) is 11.3 Å². The molecule has 1 atom stereocenters. The molecule has 7 heteroatoms. The molecule has 1 saturated heterocycles. The lowest BCUT2D eigenvalue weighted by Gasteiger charge is -2.19. The summed E-state index contributed by atoms with van der Waals surface area (Å²) in [5.41, 5.74) is 4.24. The number of thiophene rings is 1. The van der Waals surface area contributed by atoms with Crippen LogP contribution in [-0.4, -0.2) is 40.9 Å². The first-order valence-corrected chi connectivity index (χ1v) is 6.57. The fourth-order valence-electron chi connectivity index (χ4n) is 2.05. The second kappa shape index (κ2) is 4.65. The number of carbonyl (C=O) groups is 3. The number of nitrogens with zero attached hydrogens (tertiary/aromatic N) is 1. The van der Waals surface area contributed by atoms with Gasteiger partial charge in [-0.2, -0.15) is 0 Å². The average Bonchev–Trinajstić information content (AvgIpc) is 2.95. The molecule has 2 amide bonds. The van der Waals surface area contributed by atoms with Crippen LogP contribution in [0.15, 0.2) is 12.1 Å². The maximum atomic E-state index is 12.2. The van der Waals surface area contributed by atoms with Gasteiger partial charge >= 0.3 is 5.97 Å². The van der Waals surface area contributed by atoms with Crippen molar-refractivity contribution in [1.29, 1.82) is 0 Å². The second-order valence-electron chi connectivity index (χ2n) is 4.87. The summed E-state index contributed by atoms with van der Waals surface area (Å²) < 4.78 is 0. The highest BCUT2D eigenvalue weighted by atomic mass is 32.1. The van der Waals surface area contributed by atoms with E-state index < -0.39 is 17.3 Å². The third-order valence-electron chi connectivity index (χ3n) is 3.34. The van der Waals surface area contributed by atoms with Crippen molar-refractivity contribution < 1.29 is 19.5 Å². The van der Waals surface area contributed by atoms with E-state index in [4.69, 9.17) is 10.8 Å². The minimum Gasteiger partial charge on any atom is -0.481 e. The summed E-state index contributed by atoms with van der Waals surface area (Å²) >= 11 is 1.03. The van der Waals surface area contributed by atoms with Crippen LogP contribution in [0.1, 0.15) is 32.7 Å². The highest BCUT2D eigenvalue weighted by Crippen LogP contribution is 2.31. The van der Waals surface area contributed by atoms with Crippen molar-refractivity contribution in [3.8, 4) is 0 Å². The number of carbonyl (C=O) groups excluding carboxylic acids is 2. The Labute approximate surface area is 113 Å². The van der Waals surface area contributed by atoms with Gasteiger partial charge in [0, 0.05) is 13.1 Å². The van der Waals surface area contributed by atoms with Gasteiger partial charge in [-0.1, -0.05) is 0 Å². The van der Waals surface area contributed by atoms with Gasteiger partial charge in [0.15, 0.2) is 0 Å². The Kier molecular flexibility index (Phi) is 3.32. The molecular weight excluding hydrogens is 268 g/mol. The van der Waals surface area contributed by atoms with Gasteiger partial charge in [0.05, 0.1) is 15.2 Å². The van der Waals surface area contributed by atoms with Crippen LogP contribution in [-0.2, 0) is 4.79 Å². The van der Waals surface area contributed by atoms with E-state index in [1.165, 1.54) is 11.0 Å². The minimum atomic E-state index is -0.896. The van der Waals surface area contributed by atoms with Crippen molar-refractivity contribution in [2.75, 3.05) is 13.1 Å². The number of aliphatic carboxylic acids is 1. The first-order chi connectivity index (χ1) is 8.83. The number of hydrogen-bond donors (Lipinski definition) is 2. The quantitative estimate of drug-likeness (QED) is 0.855. The predicted molar refractivity (Wildman–Crippen MR) is 69.1 cm³/mol. The summed E-state index contributed by atoms with van der Waals surface area (Å²) in [6.45, 7) is 2.22. The molecule has 102 valence electrons. The molecule has 0 radical (unpaired) electrons. The Morgan fingerprint density at radius 1 is 1.37 bits per heavy atom. The zero-order valence-electron chi connectivity index (χ0n) is 10.4. The molecule has 0 spiro atoms. The highest BCUT2D eigenvalue weighted by molar-refractivity contribution is 7.15. The van der Waals surface area contributed by atoms with Crippen molar-refractivity contribution in [2.45, 2.75) is 13.3 Å². The number of primary amides is 1. The van der Waals surface area contributed by atoms with Crippen LogP contribution >= 0.6 is 11.3 Å². The fourth-order valence-corrected chi connectivity index (χ4v) is 2.88. The molecule has 0 saturated carbocycles. The van der Waals surface area contributed by atoms with Crippen molar-refractivity contribution in [1.82, 2.24) is 4.90 Å². The van der Waals surface area contributed by atoms with E-state index in [2.05, 4.69) is 0 Å². The molecule has 6 nitrogen and oxygen atoms in total. The highest BCUT2D eigenvalue weighted by Gasteiger charge is 2.42. The number of hydrogen-bond acceptors (Lipinski definition) is 4. The zero-order valence-corrected chi connectivity index (χ0v) is 11.2. The van der Waals surface area contributed by atoms with Gasteiger partial charge in [-0.25, -0.2) is 0 Å². The van der Waals surface area contributed by atoms with Gasteiger partial charge in [-0.3, -0.25) is 14.4 Å². The van der Waals surface area contributed by atoms with Crippen molar-refractivity contribution in [3.63, 3.8) is 0 Å². The Balaban J connectivity index is 2.13. The van der Waals surface area contributed by atoms with Crippen molar-refractivity contribution in [2.24, 2.45) is 11.1 Å². The molecule has 1 aliphatic heterocycles. The normalized spacial score (nSPS) is 22.5. The number of carboxylic acid groups (broad SMARTS) is 1. The molecule has 1 aromatic heterocycles. The molecule has 3 N–H and O–H groups in total. The fraction of sp³-hybridized carbons (Fsp3) is 0.417. The van der Waals surface area contributed by atoms with Crippen LogP contribution < -0.4 is 5.73 Å². The molecule has 2 rings (SSSR count). The van der Waals surface area contributed by atoms with Crippen LogP contribution in [0.2, 0.25) is 0 Å². The largest absolute Gasteiger partial charge is 0.481 e. The van der Waals surface area contributed by atoms with E-state index in [-0.39, 0.29) is 12.5 Å². The Hall–Kier alpha value is -1.89. The minimum absolute atomic E-state index is 0.185. The Bertz CT molecular complexity index is 554. The van der Waals surface area contributed by atoms with Gasteiger partial charge in [-0.05, 0) is 25.5 Å². The van der Waals surface area contributed by atoms with Crippen LogP contribution in [0.3, 0.4) is 0 Å². The predicted octanol–water partition coefficient (Wildman–Crippen LogP) is 0.784. The number of rotatable bonds is 3. The molecule has 1 aromatic rings. The summed E-state index contributed by atoms with van der Waals surface area (Å²) in [6, 6.07) is 3.05. The smallest absolute Gasteiger partial charge is 0.311 e. The Morgan fingerprint density at radius 2 is 2.00 bits per heavy atom. The molecule has 0 bridgehead atoms. The van der Waals surface area contributed by atoms with Crippen LogP contribution in [0, 0.1) is 5.41 Å². The number of nitrogens with two attached hydrogens (primary N) is 1. The van der Waals surface area contributed by atoms with Crippen LogP contribution in [0.5, 0.6) is 0 Å². The third-order valence-corrected chi connectivity index (χ3v) is 4.42. The summed E-state index contributed by atoms with van der Waals surface area (Å²) in [6.07, 6.45) is 0.433. The maximum Gasteiger partial charge on any atom is 0.311 e. The summed E-state index contributed by atoms with van der Waals surface area (Å²) in [4.78, 5) is 36.5. The maximum absolute atomic E-state index is 12.2. The molecule has 0 aliphatic carbocycles. The molecule has 19 heavy (non-hydrogen) atoms.